The van der Waals surface area contributed by atoms with Crippen molar-refractivity contribution >= 4 is 5.78 Å². The number of ketones is 1. The molecule has 0 bridgehead atoms. The first-order valence-corrected chi connectivity index (χ1v) is 9.75. The first-order valence-electron chi connectivity index (χ1n) is 13.8. The summed E-state index contributed by atoms with van der Waals surface area (Å²) in [4.78, 5) is 12.8. The summed E-state index contributed by atoms with van der Waals surface area (Å²) in [6.07, 6.45) is -4.43. The Morgan fingerprint density at radius 3 is 2.81 bits per heavy atom. The van der Waals surface area contributed by atoms with Crippen LogP contribution < -0.4 is 4.74 Å². The van der Waals surface area contributed by atoms with E-state index in [2.05, 4.69) is 0 Å². The average molecular weight is 381 g/mol. The van der Waals surface area contributed by atoms with E-state index in [9.17, 15) is 9.90 Å². The van der Waals surface area contributed by atoms with Crippen LogP contribution in [0.3, 0.4) is 0 Å². The van der Waals surface area contributed by atoms with Gasteiger partial charge < -0.3 is 9.84 Å². The molecule has 0 aromatic heterocycles. The second kappa shape index (κ2) is 7.48. The number of hydrogen-bond donors (Lipinski definition) is 1. The van der Waals surface area contributed by atoms with Crippen LogP contribution in [0.15, 0.2) is 12.1 Å². The number of benzene rings is 1. The topological polar surface area (TPSA) is 46.5 Å². The van der Waals surface area contributed by atoms with Crippen molar-refractivity contribution < 1.29 is 25.6 Å². The minimum Gasteiger partial charge on any atom is -0.508 e. The van der Waals surface area contributed by atoms with Gasteiger partial charge in [-0.1, -0.05) is 46.4 Å². The zero-order chi connectivity index (χ0) is 26.9. The van der Waals surface area contributed by atoms with Crippen LogP contribution in [0, 0.1) is 5.92 Å². The number of carbonyl (C=O) groups is 1. The van der Waals surface area contributed by atoms with Crippen molar-refractivity contribution in [2.45, 2.75) is 103 Å². The second-order valence-electron chi connectivity index (χ2n) is 8.80. The van der Waals surface area contributed by atoms with Gasteiger partial charge in [0.25, 0.3) is 0 Å². The third kappa shape index (κ3) is 4.02. The smallest absolute Gasteiger partial charge is 0.133 e. The fourth-order valence-electron chi connectivity index (χ4n) is 4.08. The van der Waals surface area contributed by atoms with Crippen molar-refractivity contribution in [1.82, 2.24) is 0 Å². The Kier molecular flexibility index (Phi) is 3.36. The molecule has 0 saturated heterocycles. The first-order chi connectivity index (χ1) is 15.7. The molecular formula is C24H36O3. The van der Waals surface area contributed by atoms with Crippen LogP contribution in [0.2, 0.25) is 0 Å². The van der Waals surface area contributed by atoms with Crippen LogP contribution in [-0.4, -0.2) is 16.5 Å². The molecular weight excluding hydrogens is 336 g/mol. The van der Waals surface area contributed by atoms with E-state index in [1.165, 1.54) is 6.92 Å². The highest BCUT2D eigenvalue weighted by Gasteiger charge is 2.47. The monoisotopic (exact) mass is 380 g/mol. The van der Waals surface area contributed by atoms with Crippen LogP contribution >= 0.6 is 0 Å². The quantitative estimate of drug-likeness (QED) is 0.592. The Morgan fingerprint density at radius 1 is 1.37 bits per heavy atom. The van der Waals surface area contributed by atoms with Gasteiger partial charge in [-0.2, -0.15) is 0 Å². The number of unbranched alkanes of at least 4 members (excludes halogenated alkanes) is 1. The number of ether oxygens (including phenoxy) is 1. The Morgan fingerprint density at radius 2 is 2.11 bits per heavy atom. The number of phenols is 1. The Balaban J connectivity index is 2.12. The summed E-state index contributed by atoms with van der Waals surface area (Å²) in [5, 5.41) is 11.2. The summed E-state index contributed by atoms with van der Waals surface area (Å²) in [6.45, 7) is 8.56. The molecule has 2 aliphatic rings. The summed E-state index contributed by atoms with van der Waals surface area (Å²) < 4.78 is 72.5. The van der Waals surface area contributed by atoms with E-state index in [0.29, 0.717) is 25.7 Å². The van der Waals surface area contributed by atoms with E-state index in [4.69, 9.17) is 15.7 Å². The zero-order valence-corrected chi connectivity index (χ0v) is 17.0. The number of aromatic hydroxyl groups is 1. The third-order valence-corrected chi connectivity index (χ3v) is 5.88. The maximum atomic E-state index is 12.8. The second-order valence-corrected chi connectivity index (χ2v) is 8.80. The Hall–Kier alpha value is -1.51. The van der Waals surface area contributed by atoms with Crippen LogP contribution in [0.25, 0.3) is 0 Å². The molecule has 0 unspecified atom stereocenters. The normalized spacial score (nSPS) is 32.7. The molecule has 27 heavy (non-hydrogen) atoms. The molecule has 2 atom stereocenters. The largest absolute Gasteiger partial charge is 0.508 e. The van der Waals surface area contributed by atoms with Crippen LogP contribution in [0.5, 0.6) is 11.5 Å². The van der Waals surface area contributed by atoms with Crippen molar-refractivity contribution in [2.24, 2.45) is 5.92 Å². The molecule has 1 N–H and O–H groups in total. The van der Waals surface area contributed by atoms with E-state index < -0.39 is 53.5 Å². The lowest BCUT2D eigenvalue weighted by molar-refractivity contribution is -0.124. The molecule has 1 aromatic rings. The van der Waals surface area contributed by atoms with Gasteiger partial charge in [0.2, 0.25) is 0 Å². The van der Waals surface area contributed by atoms with Gasteiger partial charge in [0.05, 0.1) is 2.74 Å². The van der Waals surface area contributed by atoms with Gasteiger partial charge >= 0.3 is 0 Å². The van der Waals surface area contributed by atoms with E-state index in [1.807, 2.05) is 13.8 Å². The molecule has 0 amide bonds. The number of hydrogen-bond acceptors (Lipinski definition) is 3. The van der Waals surface area contributed by atoms with Crippen molar-refractivity contribution in [3.8, 4) is 11.5 Å². The van der Waals surface area contributed by atoms with Crippen molar-refractivity contribution in [3.05, 3.63) is 23.2 Å². The predicted molar refractivity (Wildman–Crippen MR) is 110 cm³/mol. The van der Waals surface area contributed by atoms with E-state index >= 15 is 0 Å². The predicted octanol–water partition coefficient (Wildman–Crippen LogP) is 6.26. The molecule has 3 heteroatoms. The van der Waals surface area contributed by atoms with Crippen molar-refractivity contribution in [1.29, 1.82) is 0 Å². The maximum absolute atomic E-state index is 12.8. The molecule has 1 heterocycles. The molecule has 1 fully saturated rings. The zero-order valence-electron chi connectivity index (χ0n) is 25.0. The number of fused-ring (bicyclic) bond motifs is 3. The fraction of sp³-hybridized carbons (Fsp3) is 0.708. The SMILES string of the molecule is [2H]c1c(O)c2c(c([2H])c1C(C)(C)CCCCC([2H])([2H])C)OC(C)(C)[C@@H]1CC([2H])([2H])C(=O)C([2H])([2H])[C@@H]21. The lowest BCUT2D eigenvalue weighted by Gasteiger charge is -2.47. The number of rotatable bonds is 6. The van der Waals surface area contributed by atoms with Crippen LogP contribution in [-0.2, 0) is 10.2 Å². The number of Topliss-reactive ketones (excluding diaryl/α,β-unsaturated/α-hetero) is 1. The number of phenolic OH excluding ortho intramolecular Hbond substituents is 1. The van der Waals surface area contributed by atoms with E-state index in [0.717, 1.165) is 0 Å². The van der Waals surface area contributed by atoms with E-state index in [-0.39, 0.29) is 35.4 Å². The fourth-order valence-corrected chi connectivity index (χ4v) is 4.08. The molecule has 3 nitrogen and oxygen atoms in total. The standard InChI is InChI=1S/C24H36O3/c1-6-7-8-9-12-23(2,3)16-13-20(26)22-18-15-17(25)10-11-19(18)24(4,5)27-21(22)14-16/h13-14,18-19,26H,6-12,15H2,1-5H3/t18-,19-/m1/s1/i6D2,10D2,13D,14D,15D2. The van der Waals surface area contributed by atoms with Gasteiger partial charge in [-0.3, -0.25) is 4.79 Å². The molecule has 150 valence electrons. The average Bonchev–Trinajstić information content (AvgIpc) is 2.67. The van der Waals surface area contributed by atoms with Gasteiger partial charge in [0.1, 0.15) is 22.9 Å². The van der Waals surface area contributed by atoms with Gasteiger partial charge in [-0.15, -0.1) is 0 Å². The van der Waals surface area contributed by atoms with Gasteiger partial charge in [0, 0.05) is 38.4 Å². The van der Waals surface area contributed by atoms with Gasteiger partial charge in [-0.05, 0) is 49.8 Å². The molecule has 0 spiro atoms. The molecule has 1 aliphatic heterocycles. The van der Waals surface area contributed by atoms with E-state index in [1.54, 1.807) is 13.8 Å². The van der Waals surface area contributed by atoms with Crippen molar-refractivity contribution in [2.75, 3.05) is 0 Å². The summed E-state index contributed by atoms with van der Waals surface area (Å²) in [7, 11) is 0. The summed E-state index contributed by atoms with van der Waals surface area (Å²) in [6, 6.07) is -0.453. The lowest BCUT2D eigenvalue weighted by Crippen LogP contribution is -2.47. The minimum atomic E-state index is -2.66. The first kappa shape index (κ1) is 12.1. The highest BCUT2D eigenvalue weighted by atomic mass is 16.5. The summed E-state index contributed by atoms with van der Waals surface area (Å²) >= 11 is 0. The highest BCUT2D eigenvalue weighted by Crippen LogP contribution is 2.54. The maximum Gasteiger partial charge on any atom is 0.133 e. The van der Waals surface area contributed by atoms with Gasteiger partial charge in [-0.25, -0.2) is 0 Å². The Labute approximate surface area is 175 Å². The highest BCUT2D eigenvalue weighted by molar-refractivity contribution is 5.81. The van der Waals surface area contributed by atoms with Crippen LogP contribution in [0.4, 0.5) is 0 Å². The molecule has 3 rings (SSSR count). The number of carbonyl (C=O) groups excluding carboxylic acids is 1. The molecule has 1 aromatic carbocycles. The minimum absolute atomic E-state index is 0.0585. The molecule has 1 saturated carbocycles. The summed E-state index contributed by atoms with van der Waals surface area (Å²) in [5.41, 5.74) is -1.71. The summed E-state index contributed by atoms with van der Waals surface area (Å²) in [5.74, 6) is -3.85. The van der Waals surface area contributed by atoms with Crippen LogP contribution in [0.1, 0.15) is 114 Å². The van der Waals surface area contributed by atoms with Gasteiger partial charge in [0.15, 0.2) is 0 Å². The van der Waals surface area contributed by atoms with Crippen molar-refractivity contribution in [3.63, 3.8) is 0 Å². The molecule has 1 aliphatic carbocycles. The molecule has 0 radical (unpaired) electrons. The third-order valence-electron chi connectivity index (χ3n) is 5.88. The Bertz CT molecular complexity index is 1030. The lowest BCUT2D eigenvalue weighted by atomic mass is 9.66.